The van der Waals surface area contributed by atoms with E-state index < -0.39 is 0 Å². The van der Waals surface area contributed by atoms with E-state index in [0.717, 1.165) is 18.4 Å². The van der Waals surface area contributed by atoms with Crippen LogP contribution in [0.4, 0.5) is 11.6 Å². The van der Waals surface area contributed by atoms with Gasteiger partial charge in [-0.2, -0.15) is 0 Å². The second-order valence-corrected chi connectivity index (χ2v) is 4.96. The summed E-state index contributed by atoms with van der Waals surface area (Å²) in [6.45, 7) is 4.95. The molecular weight excluding hydrogens is 228 g/mol. The van der Waals surface area contributed by atoms with Crippen molar-refractivity contribution >= 4 is 11.6 Å². The number of nitrogens with one attached hydrogen (secondary N) is 2. The van der Waals surface area contributed by atoms with Crippen LogP contribution in [-0.2, 0) is 0 Å². The van der Waals surface area contributed by atoms with Crippen molar-refractivity contribution in [2.45, 2.75) is 38.8 Å². The summed E-state index contributed by atoms with van der Waals surface area (Å²) < 4.78 is 0. The van der Waals surface area contributed by atoms with Crippen molar-refractivity contribution in [3.63, 3.8) is 0 Å². The highest BCUT2D eigenvalue weighted by Gasteiger charge is 2.28. The Labute approximate surface area is 108 Å². The number of hydrogen-bond acceptors (Lipinski definition) is 6. The van der Waals surface area contributed by atoms with E-state index in [1.54, 1.807) is 0 Å². The van der Waals surface area contributed by atoms with Gasteiger partial charge in [-0.25, -0.2) is 15.8 Å². The number of anilines is 2. The highest BCUT2D eigenvalue weighted by Crippen LogP contribution is 2.26. The first kappa shape index (κ1) is 13.0. The molecule has 0 bridgehead atoms. The topological polar surface area (TPSA) is 79.1 Å². The fraction of sp³-hybridized carbons (Fsp3) is 0.667. The average molecular weight is 250 g/mol. The van der Waals surface area contributed by atoms with Crippen molar-refractivity contribution in [1.82, 2.24) is 14.9 Å². The molecule has 1 heterocycles. The normalized spacial score (nSPS) is 16.7. The molecule has 100 valence electrons. The van der Waals surface area contributed by atoms with Crippen LogP contribution in [0.15, 0.2) is 6.07 Å². The Balaban J connectivity index is 1.90. The zero-order chi connectivity index (χ0) is 13.1. The molecule has 0 spiro atoms. The summed E-state index contributed by atoms with van der Waals surface area (Å²) in [4.78, 5) is 10.9. The number of aromatic nitrogens is 2. The summed E-state index contributed by atoms with van der Waals surface area (Å²) in [7, 11) is 2.18. The third-order valence-electron chi connectivity index (χ3n) is 3.38. The lowest BCUT2D eigenvalue weighted by Crippen LogP contribution is -2.36. The van der Waals surface area contributed by atoms with Crippen LogP contribution in [0.25, 0.3) is 0 Å². The van der Waals surface area contributed by atoms with Crippen LogP contribution in [0.5, 0.6) is 0 Å². The Morgan fingerprint density at radius 2 is 2.11 bits per heavy atom. The van der Waals surface area contributed by atoms with Crippen LogP contribution in [0, 0.1) is 6.92 Å². The van der Waals surface area contributed by atoms with E-state index in [1.807, 2.05) is 13.0 Å². The molecule has 0 radical (unpaired) electrons. The number of aryl methyl sites for hydroxylation is 1. The molecule has 0 aromatic carbocycles. The van der Waals surface area contributed by atoms with Gasteiger partial charge in [-0.1, -0.05) is 0 Å². The van der Waals surface area contributed by atoms with Gasteiger partial charge in [-0.3, -0.25) is 4.90 Å². The SMILES string of the molecule is Cc1nc(NN)cc(NCC(C)N(C)C2CC2)n1. The number of likely N-dealkylation sites (N-methyl/N-ethyl adjacent to an activating group) is 1. The minimum Gasteiger partial charge on any atom is -0.368 e. The number of nitrogens with zero attached hydrogens (tertiary/aromatic N) is 3. The van der Waals surface area contributed by atoms with Crippen molar-refractivity contribution in [3.8, 4) is 0 Å². The summed E-state index contributed by atoms with van der Waals surface area (Å²) in [6, 6.07) is 3.08. The standard InChI is InChI=1S/C12H22N6/c1-8(18(3)10-4-5-10)7-14-11-6-12(17-13)16-9(2)15-11/h6,8,10H,4-5,7,13H2,1-3H3,(H2,14,15,16,17). The van der Waals surface area contributed by atoms with Gasteiger partial charge >= 0.3 is 0 Å². The molecular formula is C12H22N6. The Hall–Kier alpha value is -1.40. The molecule has 0 amide bonds. The minimum atomic E-state index is 0.488. The monoisotopic (exact) mass is 250 g/mol. The number of hydrogen-bond donors (Lipinski definition) is 3. The van der Waals surface area contributed by atoms with Gasteiger partial charge in [0.2, 0.25) is 0 Å². The molecule has 1 atom stereocenters. The maximum atomic E-state index is 5.36. The van der Waals surface area contributed by atoms with E-state index in [9.17, 15) is 0 Å². The molecule has 1 unspecified atom stereocenters. The molecule has 1 aromatic rings. The van der Waals surface area contributed by atoms with E-state index in [2.05, 4.69) is 39.6 Å². The lowest BCUT2D eigenvalue weighted by Gasteiger charge is -2.24. The molecule has 0 saturated heterocycles. The van der Waals surface area contributed by atoms with Crippen LogP contribution < -0.4 is 16.6 Å². The fourth-order valence-corrected chi connectivity index (χ4v) is 1.97. The quantitative estimate of drug-likeness (QED) is 0.515. The van der Waals surface area contributed by atoms with Crippen LogP contribution in [0.3, 0.4) is 0 Å². The molecule has 1 aromatic heterocycles. The molecule has 1 fully saturated rings. The first-order valence-electron chi connectivity index (χ1n) is 6.38. The van der Waals surface area contributed by atoms with Crippen molar-refractivity contribution < 1.29 is 0 Å². The summed E-state index contributed by atoms with van der Waals surface area (Å²) >= 11 is 0. The van der Waals surface area contributed by atoms with E-state index in [1.165, 1.54) is 12.8 Å². The Kier molecular flexibility index (Phi) is 3.98. The fourth-order valence-electron chi connectivity index (χ4n) is 1.97. The number of nitrogen functional groups attached to an aromatic ring is 1. The van der Waals surface area contributed by atoms with Gasteiger partial charge in [0.05, 0.1) is 0 Å². The Bertz CT molecular complexity index is 404. The molecule has 4 N–H and O–H groups in total. The van der Waals surface area contributed by atoms with Crippen molar-refractivity contribution in [2.24, 2.45) is 5.84 Å². The molecule has 6 heteroatoms. The lowest BCUT2D eigenvalue weighted by atomic mass is 10.3. The van der Waals surface area contributed by atoms with E-state index in [0.29, 0.717) is 17.7 Å². The number of nitrogens with two attached hydrogens (primary N) is 1. The Morgan fingerprint density at radius 3 is 2.72 bits per heavy atom. The number of hydrazine groups is 1. The molecule has 1 aliphatic rings. The molecule has 1 saturated carbocycles. The lowest BCUT2D eigenvalue weighted by molar-refractivity contribution is 0.257. The van der Waals surface area contributed by atoms with E-state index in [4.69, 9.17) is 5.84 Å². The van der Waals surface area contributed by atoms with Crippen molar-refractivity contribution in [1.29, 1.82) is 0 Å². The zero-order valence-corrected chi connectivity index (χ0v) is 11.3. The van der Waals surface area contributed by atoms with Gasteiger partial charge in [0.15, 0.2) is 0 Å². The van der Waals surface area contributed by atoms with Gasteiger partial charge in [0.25, 0.3) is 0 Å². The van der Waals surface area contributed by atoms with Gasteiger partial charge in [-0.15, -0.1) is 0 Å². The highest BCUT2D eigenvalue weighted by molar-refractivity contribution is 5.46. The first-order valence-corrected chi connectivity index (χ1v) is 6.38. The van der Waals surface area contributed by atoms with Gasteiger partial charge in [0.1, 0.15) is 17.5 Å². The van der Waals surface area contributed by atoms with Crippen LogP contribution in [0.2, 0.25) is 0 Å². The maximum absolute atomic E-state index is 5.36. The largest absolute Gasteiger partial charge is 0.368 e. The van der Waals surface area contributed by atoms with Crippen LogP contribution in [-0.4, -0.2) is 40.5 Å². The van der Waals surface area contributed by atoms with E-state index >= 15 is 0 Å². The van der Waals surface area contributed by atoms with Gasteiger partial charge in [-0.05, 0) is 33.7 Å². The molecule has 18 heavy (non-hydrogen) atoms. The first-order chi connectivity index (χ1) is 8.60. The van der Waals surface area contributed by atoms with E-state index in [-0.39, 0.29) is 0 Å². The second kappa shape index (κ2) is 5.49. The zero-order valence-electron chi connectivity index (χ0n) is 11.3. The number of rotatable bonds is 6. The van der Waals surface area contributed by atoms with Gasteiger partial charge < -0.3 is 10.7 Å². The third kappa shape index (κ3) is 3.30. The highest BCUT2D eigenvalue weighted by atomic mass is 15.3. The minimum absolute atomic E-state index is 0.488. The summed E-state index contributed by atoms with van der Waals surface area (Å²) in [5.41, 5.74) is 2.55. The molecule has 0 aliphatic heterocycles. The van der Waals surface area contributed by atoms with Crippen LogP contribution in [0.1, 0.15) is 25.6 Å². The Morgan fingerprint density at radius 1 is 1.44 bits per heavy atom. The molecule has 2 rings (SSSR count). The summed E-state index contributed by atoms with van der Waals surface area (Å²) in [6.07, 6.45) is 2.66. The van der Waals surface area contributed by atoms with Crippen molar-refractivity contribution in [2.75, 3.05) is 24.3 Å². The average Bonchev–Trinajstić information content (AvgIpc) is 3.18. The molecule has 6 nitrogen and oxygen atoms in total. The smallest absolute Gasteiger partial charge is 0.145 e. The predicted octanol–water partition coefficient (Wildman–Crippen LogP) is 0.965. The van der Waals surface area contributed by atoms with Crippen LogP contribution >= 0.6 is 0 Å². The van der Waals surface area contributed by atoms with Crippen molar-refractivity contribution in [3.05, 3.63) is 11.9 Å². The summed E-state index contributed by atoms with van der Waals surface area (Å²) in [5.74, 6) is 7.51. The second-order valence-electron chi connectivity index (χ2n) is 4.96. The molecule has 1 aliphatic carbocycles. The maximum Gasteiger partial charge on any atom is 0.145 e. The summed E-state index contributed by atoms with van der Waals surface area (Å²) in [5, 5.41) is 3.34. The predicted molar refractivity (Wildman–Crippen MR) is 73.3 cm³/mol. The third-order valence-corrected chi connectivity index (χ3v) is 3.38. The van der Waals surface area contributed by atoms with Gasteiger partial charge in [0, 0.05) is 24.7 Å².